The van der Waals surface area contributed by atoms with E-state index in [4.69, 9.17) is 4.74 Å². The summed E-state index contributed by atoms with van der Waals surface area (Å²) in [6, 6.07) is 19.0. The quantitative estimate of drug-likeness (QED) is 0.485. The first kappa shape index (κ1) is 15.8. The van der Waals surface area contributed by atoms with Gasteiger partial charge in [0.15, 0.2) is 0 Å². The van der Waals surface area contributed by atoms with Gasteiger partial charge in [-0.05, 0) is 18.1 Å². The molecule has 0 radical (unpaired) electrons. The number of hydrazone groups is 1. The van der Waals surface area contributed by atoms with Crippen molar-refractivity contribution in [3.05, 3.63) is 71.8 Å². The van der Waals surface area contributed by atoms with Crippen LogP contribution in [0, 0.1) is 0 Å². The number of rotatable bonds is 7. The van der Waals surface area contributed by atoms with Gasteiger partial charge in [-0.15, -0.1) is 0 Å². The summed E-state index contributed by atoms with van der Waals surface area (Å²) < 4.78 is 5.10. The molecule has 4 heteroatoms. The van der Waals surface area contributed by atoms with E-state index in [1.54, 1.807) is 13.1 Å². The number of nitrogens with zero attached hydrogens (tertiary/aromatic N) is 1. The highest BCUT2D eigenvalue weighted by Crippen LogP contribution is 2.05. The third-order valence-electron chi connectivity index (χ3n) is 3.10. The van der Waals surface area contributed by atoms with Crippen LogP contribution in [-0.4, -0.2) is 24.8 Å². The molecule has 0 aliphatic carbocycles. The Labute approximate surface area is 130 Å². The van der Waals surface area contributed by atoms with Gasteiger partial charge in [0.05, 0.1) is 12.8 Å². The number of esters is 1. The van der Waals surface area contributed by atoms with Crippen LogP contribution in [0.2, 0.25) is 0 Å². The smallest absolute Gasteiger partial charge is 0.330 e. The van der Waals surface area contributed by atoms with Crippen LogP contribution in [0.25, 0.3) is 0 Å². The Morgan fingerprint density at radius 3 is 2.41 bits per heavy atom. The summed E-state index contributed by atoms with van der Waals surface area (Å²) in [6.45, 7) is 2.15. The van der Waals surface area contributed by atoms with Gasteiger partial charge in [0, 0.05) is 6.42 Å². The molecule has 2 aromatic carbocycles. The lowest BCUT2D eigenvalue weighted by Gasteiger charge is -2.15. The van der Waals surface area contributed by atoms with E-state index in [1.807, 2.05) is 60.7 Å². The summed E-state index contributed by atoms with van der Waals surface area (Å²) in [5.41, 5.74) is 4.92. The van der Waals surface area contributed by atoms with E-state index in [9.17, 15) is 4.79 Å². The van der Waals surface area contributed by atoms with Gasteiger partial charge in [0.1, 0.15) is 6.04 Å². The van der Waals surface area contributed by atoms with E-state index < -0.39 is 6.04 Å². The molecular weight excluding hydrogens is 276 g/mol. The van der Waals surface area contributed by atoms with Crippen LogP contribution >= 0.6 is 0 Å². The predicted octanol–water partition coefficient (Wildman–Crippen LogP) is 2.78. The molecule has 22 heavy (non-hydrogen) atoms. The Balaban J connectivity index is 2.01. The van der Waals surface area contributed by atoms with Crippen molar-refractivity contribution in [2.45, 2.75) is 19.4 Å². The Morgan fingerprint density at radius 1 is 1.14 bits per heavy atom. The van der Waals surface area contributed by atoms with Crippen LogP contribution < -0.4 is 5.43 Å². The Bertz CT molecular complexity index is 597. The molecule has 2 aromatic rings. The second-order valence-corrected chi connectivity index (χ2v) is 4.79. The highest BCUT2D eigenvalue weighted by molar-refractivity contribution is 5.80. The highest BCUT2D eigenvalue weighted by atomic mass is 16.5. The molecule has 0 aliphatic heterocycles. The lowest BCUT2D eigenvalue weighted by Crippen LogP contribution is -2.37. The Hall–Kier alpha value is -2.62. The number of carbonyl (C=O) groups excluding carboxylic acids is 1. The molecular formula is C18H20N2O2. The van der Waals surface area contributed by atoms with Crippen molar-refractivity contribution in [2.24, 2.45) is 5.10 Å². The summed E-state index contributed by atoms with van der Waals surface area (Å²) in [5, 5.41) is 4.17. The predicted molar refractivity (Wildman–Crippen MR) is 87.7 cm³/mol. The van der Waals surface area contributed by atoms with Crippen molar-refractivity contribution >= 4 is 12.2 Å². The zero-order valence-corrected chi connectivity index (χ0v) is 12.6. The molecule has 0 heterocycles. The van der Waals surface area contributed by atoms with Crippen molar-refractivity contribution in [2.75, 3.05) is 6.61 Å². The van der Waals surface area contributed by atoms with Crippen LogP contribution in [0.1, 0.15) is 18.1 Å². The van der Waals surface area contributed by atoms with Gasteiger partial charge in [-0.3, -0.25) is 5.43 Å². The summed E-state index contributed by atoms with van der Waals surface area (Å²) >= 11 is 0. The van der Waals surface area contributed by atoms with E-state index >= 15 is 0 Å². The first-order valence-electron chi connectivity index (χ1n) is 7.34. The van der Waals surface area contributed by atoms with E-state index in [0.717, 1.165) is 11.1 Å². The number of nitrogens with one attached hydrogen (secondary N) is 1. The van der Waals surface area contributed by atoms with Crippen molar-refractivity contribution in [1.82, 2.24) is 5.43 Å². The lowest BCUT2D eigenvalue weighted by atomic mass is 10.1. The zero-order valence-electron chi connectivity index (χ0n) is 12.6. The van der Waals surface area contributed by atoms with Gasteiger partial charge in [-0.25, -0.2) is 4.79 Å². The molecule has 0 spiro atoms. The fraction of sp³-hybridized carbons (Fsp3) is 0.222. The van der Waals surface area contributed by atoms with E-state index in [1.165, 1.54) is 0 Å². The molecule has 4 nitrogen and oxygen atoms in total. The van der Waals surface area contributed by atoms with Gasteiger partial charge < -0.3 is 4.74 Å². The minimum Gasteiger partial charge on any atom is -0.464 e. The van der Waals surface area contributed by atoms with Gasteiger partial charge in [-0.1, -0.05) is 60.7 Å². The van der Waals surface area contributed by atoms with E-state index in [0.29, 0.717) is 13.0 Å². The normalized spacial score (nSPS) is 12.0. The van der Waals surface area contributed by atoms with Crippen LogP contribution in [0.4, 0.5) is 0 Å². The average Bonchev–Trinajstić information content (AvgIpc) is 2.56. The number of hydrogen-bond donors (Lipinski definition) is 1. The van der Waals surface area contributed by atoms with Crippen LogP contribution in [0.3, 0.4) is 0 Å². The molecule has 0 unspecified atom stereocenters. The molecule has 0 saturated carbocycles. The highest BCUT2D eigenvalue weighted by Gasteiger charge is 2.19. The fourth-order valence-corrected chi connectivity index (χ4v) is 2.02. The molecule has 0 bridgehead atoms. The third kappa shape index (κ3) is 5.05. The zero-order chi connectivity index (χ0) is 15.6. The van der Waals surface area contributed by atoms with E-state index in [2.05, 4.69) is 10.5 Å². The van der Waals surface area contributed by atoms with Gasteiger partial charge in [0.25, 0.3) is 0 Å². The standard InChI is InChI=1S/C18H20N2O2/c1-2-22-18(21)17(13-15-9-5-3-6-10-15)20-19-14-16-11-7-4-8-12-16/h3-12,14,17,20H,2,13H2,1H3/t17-/m0/s1. The minimum absolute atomic E-state index is 0.295. The fourth-order valence-electron chi connectivity index (χ4n) is 2.02. The van der Waals surface area contributed by atoms with Crippen LogP contribution in [0.15, 0.2) is 65.8 Å². The minimum atomic E-state index is -0.498. The second-order valence-electron chi connectivity index (χ2n) is 4.79. The molecule has 1 N–H and O–H groups in total. The SMILES string of the molecule is CCOC(=O)[C@H](Cc1ccccc1)NN=Cc1ccccc1. The first-order valence-corrected chi connectivity index (χ1v) is 7.34. The number of ether oxygens (including phenoxy) is 1. The third-order valence-corrected chi connectivity index (χ3v) is 3.10. The lowest BCUT2D eigenvalue weighted by molar-refractivity contribution is -0.145. The monoisotopic (exact) mass is 296 g/mol. The van der Waals surface area contributed by atoms with Gasteiger partial charge in [-0.2, -0.15) is 5.10 Å². The van der Waals surface area contributed by atoms with Crippen molar-refractivity contribution < 1.29 is 9.53 Å². The van der Waals surface area contributed by atoms with Crippen molar-refractivity contribution in [1.29, 1.82) is 0 Å². The molecule has 0 saturated heterocycles. The summed E-state index contributed by atoms with van der Waals surface area (Å²) in [7, 11) is 0. The topological polar surface area (TPSA) is 50.7 Å². The largest absolute Gasteiger partial charge is 0.464 e. The van der Waals surface area contributed by atoms with Gasteiger partial charge >= 0.3 is 5.97 Å². The molecule has 2 rings (SSSR count). The van der Waals surface area contributed by atoms with E-state index in [-0.39, 0.29) is 5.97 Å². The van der Waals surface area contributed by atoms with Crippen molar-refractivity contribution in [3.63, 3.8) is 0 Å². The molecule has 114 valence electrons. The maximum Gasteiger partial charge on any atom is 0.330 e. The van der Waals surface area contributed by atoms with Crippen molar-refractivity contribution in [3.8, 4) is 0 Å². The number of benzene rings is 2. The maximum absolute atomic E-state index is 12.0. The van der Waals surface area contributed by atoms with Crippen LogP contribution in [-0.2, 0) is 16.0 Å². The summed E-state index contributed by atoms with van der Waals surface area (Å²) in [6.07, 6.45) is 2.23. The maximum atomic E-state index is 12.0. The second kappa shape index (κ2) is 8.62. The Kier molecular flexibility index (Phi) is 6.18. The average molecular weight is 296 g/mol. The number of carbonyl (C=O) groups is 1. The van der Waals surface area contributed by atoms with Crippen LogP contribution in [0.5, 0.6) is 0 Å². The molecule has 0 aromatic heterocycles. The number of hydrogen-bond acceptors (Lipinski definition) is 4. The summed E-state index contributed by atoms with van der Waals surface area (Å²) in [4.78, 5) is 12.0. The molecule has 0 aliphatic rings. The first-order chi connectivity index (χ1) is 10.8. The summed E-state index contributed by atoms with van der Waals surface area (Å²) in [5.74, 6) is -0.295. The molecule has 1 atom stereocenters. The Morgan fingerprint density at radius 2 is 1.77 bits per heavy atom. The molecule has 0 amide bonds. The van der Waals surface area contributed by atoms with Gasteiger partial charge in [0.2, 0.25) is 0 Å². The molecule has 0 fully saturated rings.